The largest absolute Gasteiger partial charge is 0.496 e. The van der Waals surface area contributed by atoms with Crippen LogP contribution in [0.25, 0.3) is 0 Å². The fourth-order valence-corrected chi connectivity index (χ4v) is 2.94. The molecule has 5 heteroatoms. The quantitative estimate of drug-likeness (QED) is 0.897. The van der Waals surface area contributed by atoms with Crippen LogP contribution in [-0.2, 0) is 6.54 Å². The molecular formula is C16H25FN2O2. The summed E-state index contributed by atoms with van der Waals surface area (Å²) < 4.78 is 18.7. The van der Waals surface area contributed by atoms with E-state index in [2.05, 4.69) is 16.7 Å². The molecule has 0 unspecified atom stereocenters. The number of hydrogen-bond donors (Lipinski definition) is 1. The van der Waals surface area contributed by atoms with Crippen molar-refractivity contribution < 1.29 is 14.2 Å². The third kappa shape index (κ3) is 4.40. The second kappa shape index (κ2) is 7.20. The Balaban J connectivity index is 1.98. The van der Waals surface area contributed by atoms with Crippen molar-refractivity contribution in [3.8, 4) is 5.75 Å². The minimum atomic E-state index is -0.303. The monoisotopic (exact) mass is 296 g/mol. The second-order valence-electron chi connectivity index (χ2n) is 5.88. The topological polar surface area (TPSA) is 35.9 Å². The highest BCUT2D eigenvalue weighted by Gasteiger charge is 2.25. The zero-order chi connectivity index (χ0) is 15.4. The van der Waals surface area contributed by atoms with Gasteiger partial charge in [0.1, 0.15) is 11.6 Å². The number of β-amino-alcohol motifs (C(OH)–C–C–N with tert-alkyl or cyclic N) is 1. The van der Waals surface area contributed by atoms with Gasteiger partial charge in [0.05, 0.1) is 13.2 Å². The van der Waals surface area contributed by atoms with E-state index in [-0.39, 0.29) is 11.9 Å². The molecule has 1 aromatic carbocycles. The van der Waals surface area contributed by atoms with E-state index in [0.717, 1.165) is 30.9 Å². The molecule has 1 fully saturated rings. The number of halogens is 1. The van der Waals surface area contributed by atoms with E-state index < -0.39 is 0 Å². The number of rotatable bonds is 5. The molecule has 1 N–H and O–H groups in total. The van der Waals surface area contributed by atoms with Crippen molar-refractivity contribution in [2.45, 2.75) is 32.5 Å². The first kappa shape index (κ1) is 16.2. The Morgan fingerprint density at radius 3 is 2.81 bits per heavy atom. The van der Waals surface area contributed by atoms with Gasteiger partial charge in [-0.05, 0) is 32.0 Å². The third-order valence-electron chi connectivity index (χ3n) is 3.98. The first-order chi connectivity index (χ1) is 9.99. The average molecular weight is 296 g/mol. The van der Waals surface area contributed by atoms with Crippen molar-refractivity contribution in [3.63, 3.8) is 0 Å². The maximum Gasteiger partial charge on any atom is 0.123 e. The molecule has 1 aliphatic rings. The molecule has 1 heterocycles. The van der Waals surface area contributed by atoms with E-state index in [1.54, 1.807) is 19.2 Å². The molecule has 0 bridgehead atoms. The van der Waals surface area contributed by atoms with Crippen LogP contribution >= 0.6 is 0 Å². The van der Waals surface area contributed by atoms with Gasteiger partial charge >= 0.3 is 0 Å². The molecule has 1 saturated heterocycles. The number of aliphatic hydroxyl groups is 1. The third-order valence-corrected chi connectivity index (χ3v) is 3.98. The molecule has 1 aromatic rings. The lowest BCUT2D eigenvalue weighted by molar-refractivity contribution is 0.0420. The summed E-state index contributed by atoms with van der Waals surface area (Å²) in [6, 6.07) is 5.03. The van der Waals surface area contributed by atoms with Crippen molar-refractivity contribution in [1.82, 2.24) is 9.80 Å². The summed E-state index contributed by atoms with van der Waals surface area (Å²) in [5.41, 5.74) is 0.883. The Morgan fingerprint density at radius 1 is 1.43 bits per heavy atom. The van der Waals surface area contributed by atoms with Crippen molar-refractivity contribution in [3.05, 3.63) is 29.6 Å². The van der Waals surface area contributed by atoms with Gasteiger partial charge < -0.3 is 9.84 Å². The van der Waals surface area contributed by atoms with Gasteiger partial charge in [-0.1, -0.05) is 0 Å². The summed E-state index contributed by atoms with van der Waals surface area (Å²) >= 11 is 0. The minimum Gasteiger partial charge on any atom is -0.496 e. The van der Waals surface area contributed by atoms with Gasteiger partial charge in [0.15, 0.2) is 0 Å². The molecule has 2 rings (SSSR count). The zero-order valence-electron chi connectivity index (χ0n) is 13.1. The Labute approximate surface area is 126 Å². The first-order valence-electron chi connectivity index (χ1n) is 7.46. The van der Waals surface area contributed by atoms with Gasteiger partial charge in [-0.25, -0.2) is 4.39 Å². The second-order valence-corrected chi connectivity index (χ2v) is 5.88. The first-order valence-corrected chi connectivity index (χ1v) is 7.46. The van der Waals surface area contributed by atoms with Crippen molar-refractivity contribution in [1.29, 1.82) is 0 Å². The summed E-state index contributed by atoms with van der Waals surface area (Å²) in [4.78, 5) is 4.60. The van der Waals surface area contributed by atoms with E-state index in [9.17, 15) is 9.50 Å². The molecule has 0 aromatic heterocycles. The smallest absolute Gasteiger partial charge is 0.123 e. The lowest BCUT2D eigenvalue weighted by atomic mass is 10.1. The SMILES string of the molecule is COc1ccc(F)cc1CN1CCN(C[C@H](C)O)[C@@H](C)C1. The normalized spacial score (nSPS) is 22.2. The average Bonchev–Trinajstić information content (AvgIpc) is 2.42. The number of methoxy groups -OCH3 is 1. The van der Waals surface area contributed by atoms with Crippen LogP contribution in [0.15, 0.2) is 18.2 Å². The Kier molecular flexibility index (Phi) is 5.56. The molecule has 0 amide bonds. The lowest BCUT2D eigenvalue weighted by Gasteiger charge is -2.40. The molecule has 0 radical (unpaired) electrons. The molecule has 118 valence electrons. The highest BCUT2D eigenvalue weighted by Crippen LogP contribution is 2.22. The van der Waals surface area contributed by atoms with Crippen molar-refractivity contribution in [2.75, 3.05) is 33.3 Å². The molecule has 0 aliphatic carbocycles. The van der Waals surface area contributed by atoms with Crippen LogP contribution in [-0.4, -0.2) is 60.3 Å². The van der Waals surface area contributed by atoms with Crippen LogP contribution in [0.1, 0.15) is 19.4 Å². The molecular weight excluding hydrogens is 271 g/mol. The van der Waals surface area contributed by atoms with Gasteiger partial charge in [-0.15, -0.1) is 0 Å². The Morgan fingerprint density at radius 2 is 2.19 bits per heavy atom. The van der Waals surface area contributed by atoms with Gasteiger partial charge in [-0.3, -0.25) is 9.80 Å². The van der Waals surface area contributed by atoms with Gasteiger partial charge in [0, 0.05) is 44.3 Å². The van der Waals surface area contributed by atoms with Crippen LogP contribution in [0.3, 0.4) is 0 Å². The van der Waals surface area contributed by atoms with Gasteiger partial charge in [0.25, 0.3) is 0 Å². The maximum atomic E-state index is 13.4. The van der Waals surface area contributed by atoms with Crippen LogP contribution in [0.4, 0.5) is 4.39 Å². The predicted molar refractivity (Wildman–Crippen MR) is 80.9 cm³/mol. The minimum absolute atomic E-state index is 0.230. The van der Waals surface area contributed by atoms with E-state index in [4.69, 9.17) is 4.74 Å². The number of nitrogens with zero attached hydrogens (tertiary/aromatic N) is 2. The lowest BCUT2D eigenvalue weighted by Crippen LogP contribution is -2.53. The summed E-state index contributed by atoms with van der Waals surface area (Å²) in [5, 5.41) is 9.51. The maximum absolute atomic E-state index is 13.4. The van der Waals surface area contributed by atoms with Gasteiger partial charge in [-0.2, -0.15) is 0 Å². The summed E-state index contributed by atoms with van der Waals surface area (Å²) in [6.45, 7) is 8.12. The van der Waals surface area contributed by atoms with Crippen molar-refractivity contribution >= 4 is 0 Å². The van der Waals surface area contributed by atoms with Crippen LogP contribution in [0, 0.1) is 5.82 Å². The molecule has 2 atom stereocenters. The Bertz CT molecular complexity index is 468. The standard InChI is InChI=1S/C16H25FN2O2/c1-12-9-18(6-7-19(12)10-13(2)20)11-14-8-15(17)4-5-16(14)21-3/h4-5,8,12-13,20H,6-7,9-11H2,1-3H3/t12-,13-/m0/s1. The molecule has 0 spiro atoms. The number of aliphatic hydroxyl groups excluding tert-OH is 1. The highest BCUT2D eigenvalue weighted by atomic mass is 19.1. The van der Waals surface area contributed by atoms with E-state index in [0.29, 0.717) is 19.1 Å². The highest BCUT2D eigenvalue weighted by molar-refractivity contribution is 5.33. The summed E-state index contributed by atoms with van der Waals surface area (Å²) in [7, 11) is 1.61. The number of hydrogen-bond acceptors (Lipinski definition) is 4. The molecule has 1 aliphatic heterocycles. The fourth-order valence-electron chi connectivity index (χ4n) is 2.94. The summed E-state index contributed by atoms with van der Waals surface area (Å²) in [6.07, 6.45) is -0.303. The molecule has 21 heavy (non-hydrogen) atoms. The van der Waals surface area contributed by atoms with Crippen molar-refractivity contribution in [2.24, 2.45) is 0 Å². The molecule has 4 nitrogen and oxygen atoms in total. The van der Waals surface area contributed by atoms with E-state index in [1.165, 1.54) is 6.07 Å². The predicted octanol–water partition coefficient (Wildman–Crippen LogP) is 1.72. The zero-order valence-corrected chi connectivity index (χ0v) is 13.1. The number of benzene rings is 1. The van der Waals surface area contributed by atoms with Crippen LogP contribution < -0.4 is 4.74 Å². The number of piperazine rings is 1. The van der Waals surface area contributed by atoms with Gasteiger partial charge in [0.2, 0.25) is 0 Å². The summed E-state index contributed by atoms with van der Waals surface area (Å²) in [5.74, 6) is 0.502. The van der Waals surface area contributed by atoms with Crippen LogP contribution in [0.5, 0.6) is 5.75 Å². The number of ether oxygens (including phenoxy) is 1. The van der Waals surface area contributed by atoms with E-state index in [1.807, 2.05) is 6.92 Å². The van der Waals surface area contributed by atoms with E-state index >= 15 is 0 Å². The van der Waals surface area contributed by atoms with Crippen LogP contribution in [0.2, 0.25) is 0 Å². The Hall–Kier alpha value is -1.17. The molecule has 0 saturated carbocycles. The fraction of sp³-hybridized carbons (Fsp3) is 0.625.